The molecule has 21 heavy (non-hydrogen) atoms. The zero-order valence-corrected chi connectivity index (χ0v) is 14.2. The largest absolute Gasteiger partial charge is 0.309 e. The minimum absolute atomic E-state index is 0.143. The van der Waals surface area contributed by atoms with Crippen molar-refractivity contribution < 1.29 is 4.39 Å². The molecule has 1 nitrogen and oxygen atoms in total. The lowest BCUT2D eigenvalue weighted by molar-refractivity contribution is 0.571. The monoisotopic (exact) mass is 349 g/mol. The van der Waals surface area contributed by atoms with Gasteiger partial charge in [0.2, 0.25) is 0 Å². The molecule has 0 heterocycles. The van der Waals surface area contributed by atoms with Gasteiger partial charge in [-0.1, -0.05) is 50.2 Å². The summed E-state index contributed by atoms with van der Waals surface area (Å²) in [5.41, 5.74) is 3.05. The van der Waals surface area contributed by atoms with Gasteiger partial charge in [-0.3, -0.25) is 0 Å². The van der Waals surface area contributed by atoms with Crippen LogP contribution in [-0.4, -0.2) is 7.05 Å². The van der Waals surface area contributed by atoms with Crippen molar-refractivity contribution in [2.24, 2.45) is 5.92 Å². The van der Waals surface area contributed by atoms with E-state index in [1.807, 2.05) is 19.2 Å². The quantitative estimate of drug-likeness (QED) is 0.792. The number of benzene rings is 2. The zero-order chi connectivity index (χ0) is 15.4. The summed E-state index contributed by atoms with van der Waals surface area (Å²) in [6.45, 7) is 4.42. The molecule has 0 saturated heterocycles. The van der Waals surface area contributed by atoms with Crippen LogP contribution in [0.4, 0.5) is 4.39 Å². The van der Waals surface area contributed by atoms with Gasteiger partial charge in [0, 0.05) is 5.56 Å². The van der Waals surface area contributed by atoms with E-state index in [-0.39, 0.29) is 11.9 Å². The van der Waals surface area contributed by atoms with Crippen molar-refractivity contribution >= 4 is 15.9 Å². The van der Waals surface area contributed by atoms with Gasteiger partial charge in [0.25, 0.3) is 0 Å². The maximum Gasteiger partial charge on any atom is 0.142 e. The second-order valence-electron chi connectivity index (χ2n) is 5.70. The van der Waals surface area contributed by atoms with Gasteiger partial charge >= 0.3 is 0 Å². The molecule has 0 bridgehead atoms. The van der Waals surface area contributed by atoms with Crippen LogP contribution in [-0.2, 0) is 6.42 Å². The standard InChI is InChI=1S/C18H21BrFN/c1-12(2)11-13-7-9-14(10-8-13)18(21-3)15-5-4-6-16(19)17(15)20/h4-10,12,18,21H,11H2,1-3H3. The summed E-state index contributed by atoms with van der Waals surface area (Å²) in [7, 11) is 1.85. The van der Waals surface area contributed by atoms with Crippen molar-refractivity contribution in [2.45, 2.75) is 26.3 Å². The molecule has 0 spiro atoms. The van der Waals surface area contributed by atoms with Gasteiger partial charge in [0.1, 0.15) is 5.82 Å². The second kappa shape index (κ2) is 7.19. The lowest BCUT2D eigenvalue weighted by Gasteiger charge is -2.19. The van der Waals surface area contributed by atoms with Crippen LogP contribution in [0.3, 0.4) is 0 Å². The molecule has 0 saturated carbocycles. The molecule has 2 aromatic rings. The summed E-state index contributed by atoms with van der Waals surface area (Å²) in [4.78, 5) is 0. The smallest absolute Gasteiger partial charge is 0.142 e. The van der Waals surface area contributed by atoms with Gasteiger partial charge in [-0.15, -0.1) is 0 Å². The van der Waals surface area contributed by atoms with Gasteiger partial charge < -0.3 is 5.32 Å². The number of rotatable bonds is 5. The van der Waals surface area contributed by atoms with E-state index in [0.29, 0.717) is 16.0 Å². The Morgan fingerprint density at radius 1 is 1.10 bits per heavy atom. The molecule has 112 valence electrons. The van der Waals surface area contributed by atoms with Crippen LogP contribution in [0.5, 0.6) is 0 Å². The Morgan fingerprint density at radius 2 is 1.76 bits per heavy atom. The Labute approximate surface area is 134 Å². The molecule has 1 unspecified atom stereocenters. The molecule has 2 aromatic carbocycles. The van der Waals surface area contributed by atoms with Crippen molar-refractivity contribution in [3.8, 4) is 0 Å². The summed E-state index contributed by atoms with van der Waals surface area (Å²) in [5.74, 6) is 0.432. The first kappa shape index (κ1) is 16.2. The van der Waals surface area contributed by atoms with Crippen molar-refractivity contribution in [3.63, 3.8) is 0 Å². The Bertz CT molecular complexity index is 593. The number of hydrogen-bond acceptors (Lipinski definition) is 1. The molecule has 1 atom stereocenters. The van der Waals surface area contributed by atoms with Crippen LogP contribution in [0, 0.1) is 11.7 Å². The third-order valence-corrected chi connectivity index (χ3v) is 4.15. The molecule has 0 amide bonds. The lowest BCUT2D eigenvalue weighted by atomic mass is 9.95. The van der Waals surface area contributed by atoms with Crippen LogP contribution < -0.4 is 5.32 Å². The molecule has 2 rings (SSSR count). The molecule has 0 aliphatic rings. The topological polar surface area (TPSA) is 12.0 Å². The van der Waals surface area contributed by atoms with Gasteiger partial charge in [0.15, 0.2) is 0 Å². The molecule has 0 aliphatic carbocycles. The van der Waals surface area contributed by atoms with Crippen LogP contribution in [0.15, 0.2) is 46.9 Å². The predicted molar refractivity (Wildman–Crippen MR) is 90.0 cm³/mol. The van der Waals surface area contributed by atoms with Crippen molar-refractivity contribution in [2.75, 3.05) is 7.05 Å². The minimum atomic E-state index is -0.205. The van der Waals surface area contributed by atoms with Crippen LogP contribution in [0.1, 0.15) is 36.6 Å². The van der Waals surface area contributed by atoms with E-state index in [2.05, 4.69) is 59.4 Å². The lowest BCUT2D eigenvalue weighted by Crippen LogP contribution is -2.19. The van der Waals surface area contributed by atoms with E-state index >= 15 is 0 Å². The minimum Gasteiger partial charge on any atom is -0.309 e. The number of halogens is 2. The van der Waals surface area contributed by atoms with E-state index in [1.54, 1.807) is 6.07 Å². The van der Waals surface area contributed by atoms with Crippen molar-refractivity contribution in [3.05, 3.63) is 69.4 Å². The molecular weight excluding hydrogens is 329 g/mol. The maximum atomic E-state index is 14.3. The third-order valence-electron chi connectivity index (χ3n) is 3.54. The van der Waals surface area contributed by atoms with Crippen LogP contribution in [0.2, 0.25) is 0 Å². The fraction of sp³-hybridized carbons (Fsp3) is 0.333. The maximum absolute atomic E-state index is 14.3. The van der Waals surface area contributed by atoms with Gasteiger partial charge in [-0.05, 0) is 52.5 Å². The van der Waals surface area contributed by atoms with Crippen LogP contribution >= 0.6 is 15.9 Å². The fourth-order valence-electron chi connectivity index (χ4n) is 2.56. The molecule has 0 radical (unpaired) electrons. The predicted octanol–water partition coefficient (Wildman–Crippen LogP) is 5.10. The highest BCUT2D eigenvalue weighted by molar-refractivity contribution is 9.10. The van der Waals surface area contributed by atoms with E-state index in [0.717, 1.165) is 12.0 Å². The highest BCUT2D eigenvalue weighted by Gasteiger charge is 2.17. The zero-order valence-electron chi connectivity index (χ0n) is 12.7. The average molecular weight is 350 g/mol. The van der Waals surface area contributed by atoms with E-state index in [9.17, 15) is 4.39 Å². The molecule has 1 N–H and O–H groups in total. The molecule has 3 heteroatoms. The average Bonchev–Trinajstić information content (AvgIpc) is 2.45. The summed E-state index contributed by atoms with van der Waals surface area (Å²) >= 11 is 3.25. The van der Waals surface area contributed by atoms with E-state index in [1.165, 1.54) is 5.56 Å². The molecule has 0 aromatic heterocycles. The summed E-state index contributed by atoms with van der Waals surface area (Å²) in [6.07, 6.45) is 1.07. The Morgan fingerprint density at radius 3 is 2.33 bits per heavy atom. The second-order valence-corrected chi connectivity index (χ2v) is 6.56. The third kappa shape index (κ3) is 3.92. The van der Waals surface area contributed by atoms with Crippen molar-refractivity contribution in [1.29, 1.82) is 0 Å². The van der Waals surface area contributed by atoms with Gasteiger partial charge in [-0.25, -0.2) is 4.39 Å². The van der Waals surface area contributed by atoms with Gasteiger partial charge in [0.05, 0.1) is 10.5 Å². The Hall–Kier alpha value is -1.19. The fourth-order valence-corrected chi connectivity index (χ4v) is 2.94. The number of hydrogen-bond donors (Lipinski definition) is 1. The normalized spacial score (nSPS) is 12.7. The summed E-state index contributed by atoms with van der Waals surface area (Å²) in [5, 5.41) is 3.20. The van der Waals surface area contributed by atoms with E-state index in [4.69, 9.17) is 0 Å². The van der Waals surface area contributed by atoms with Crippen LogP contribution in [0.25, 0.3) is 0 Å². The first-order valence-electron chi connectivity index (χ1n) is 7.23. The van der Waals surface area contributed by atoms with Crippen molar-refractivity contribution in [1.82, 2.24) is 5.32 Å². The Balaban J connectivity index is 2.31. The summed E-state index contributed by atoms with van der Waals surface area (Å²) < 4.78 is 14.8. The molecule has 0 fully saturated rings. The highest BCUT2D eigenvalue weighted by atomic mass is 79.9. The first-order chi connectivity index (χ1) is 10.0. The first-order valence-corrected chi connectivity index (χ1v) is 8.02. The highest BCUT2D eigenvalue weighted by Crippen LogP contribution is 2.28. The summed E-state index contributed by atoms with van der Waals surface area (Å²) in [6, 6.07) is 13.7. The molecule has 0 aliphatic heterocycles. The Kier molecular flexibility index (Phi) is 5.54. The van der Waals surface area contributed by atoms with Gasteiger partial charge in [-0.2, -0.15) is 0 Å². The SMILES string of the molecule is CNC(c1ccc(CC(C)C)cc1)c1cccc(Br)c1F. The van der Waals surface area contributed by atoms with E-state index < -0.39 is 0 Å². The molecular formula is C18H21BrFN. The number of nitrogens with one attached hydrogen (secondary N) is 1.